The fraction of sp³-hybridized carbons (Fsp3) is 0.455. The monoisotopic (exact) mass is 290 g/mol. The quantitative estimate of drug-likeness (QED) is 0.817. The van der Waals surface area contributed by atoms with Gasteiger partial charge in [-0.25, -0.2) is 0 Å². The van der Waals surface area contributed by atoms with E-state index in [0.29, 0.717) is 6.61 Å². The van der Waals surface area contributed by atoms with Gasteiger partial charge in [-0.3, -0.25) is 0 Å². The summed E-state index contributed by atoms with van der Waals surface area (Å²) in [6.07, 6.45) is 0. The molecule has 1 aromatic rings. The first-order valence-corrected chi connectivity index (χ1v) is 6.82. The highest BCUT2D eigenvalue weighted by atomic mass is 79.9. The van der Waals surface area contributed by atoms with E-state index in [0.717, 1.165) is 27.3 Å². The van der Waals surface area contributed by atoms with Gasteiger partial charge in [0.2, 0.25) is 0 Å². The molecule has 1 rings (SSSR count). The summed E-state index contributed by atoms with van der Waals surface area (Å²) in [5.41, 5.74) is 0.857. The lowest BCUT2D eigenvalue weighted by Crippen LogP contribution is -2.01. The summed E-state index contributed by atoms with van der Waals surface area (Å²) in [6, 6.07) is 5.66. The van der Waals surface area contributed by atoms with Crippen molar-refractivity contribution in [3.63, 3.8) is 0 Å². The van der Waals surface area contributed by atoms with Gasteiger partial charge in [0.25, 0.3) is 0 Å². The molecule has 0 heterocycles. The molecule has 0 atom stereocenters. The molecule has 1 N–H and O–H groups in total. The molecule has 0 aliphatic rings. The molecular weight excluding hydrogens is 276 g/mol. The van der Waals surface area contributed by atoms with E-state index in [1.165, 1.54) is 0 Å². The van der Waals surface area contributed by atoms with Crippen LogP contribution in [0.5, 0.6) is 5.75 Å². The maximum absolute atomic E-state index is 9.06. The van der Waals surface area contributed by atoms with Crippen LogP contribution in [0, 0.1) is 0 Å². The summed E-state index contributed by atoms with van der Waals surface area (Å²) in [4.78, 5) is 0. The summed E-state index contributed by atoms with van der Waals surface area (Å²) in [7, 11) is 0. The maximum Gasteiger partial charge on any atom is 0.119 e. The average molecular weight is 291 g/mol. The largest absolute Gasteiger partial charge is 0.493 e. The van der Waals surface area contributed by atoms with Crippen LogP contribution in [0.1, 0.15) is 12.5 Å². The number of benzene rings is 1. The van der Waals surface area contributed by atoms with E-state index in [1.54, 1.807) is 0 Å². The van der Waals surface area contributed by atoms with Gasteiger partial charge in [0.05, 0.1) is 13.2 Å². The summed E-state index contributed by atoms with van der Waals surface area (Å²) < 4.78 is 6.47. The molecule has 0 aromatic heterocycles. The van der Waals surface area contributed by atoms with E-state index in [2.05, 4.69) is 22.9 Å². The Morgan fingerprint density at radius 1 is 1.47 bits per heavy atom. The molecule has 1 aromatic carbocycles. The fourth-order valence-corrected chi connectivity index (χ4v) is 1.99. The normalized spacial score (nSPS) is 10.3. The zero-order chi connectivity index (χ0) is 11.1. The molecule has 4 heteroatoms. The molecular formula is C11H15BrO2S. The van der Waals surface area contributed by atoms with E-state index in [9.17, 15) is 0 Å². The smallest absolute Gasteiger partial charge is 0.119 e. The van der Waals surface area contributed by atoms with Crippen LogP contribution in [0.4, 0.5) is 0 Å². The first-order chi connectivity index (χ1) is 7.27. The van der Waals surface area contributed by atoms with Crippen LogP contribution >= 0.6 is 27.7 Å². The number of halogens is 1. The maximum atomic E-state index is 9.06. The summed E-state index contributed by atoms with van der Waals surface area (Å²) >= 11 is 5.22. The molecule has 0 saturated heterocycles. The van der Waals surface area contributed by atoms with Crippen molar-refractivity contribution in [3.8, 4) is 5.75 Å². The number of aliphatic hydroxyl groups excluding tert-OH is 1. The number of rotatable bonds is 6. The Balaban J connectivity index is 2.47. The van der Waals surface area contributed by atoms with Gasteiger partial charge in [-0.2, -0.15) is 11.8 Å². The minimum atomic E-state index is 0.0293. The van der Waals surface area contributed by atoms with Crippen LogP contribution in [0.15, 0.2) is 22.7 Å². The van der Waals surface area contributed by atoms with Gasteiger partial charge in [-0.15, -0.1) is 0 Å². The number of hydrogen-bond acceptors (Lipinski definition) is 3. The molecule has 0 radical (unpaired) electrons. The van der Waals surface area contributed by atoms with Crippen molar-refractivity contribution < 1.29 is 9.84 Å². The molecule has 15 heavy (non-hydrogen) atoms. The van der Waals surface area contributed by atoms with Crippen LogP contribution in [-0.2, 0) is 6.61 Å². The third kappa shape index (κ3) is 4.45. The first kappa shape index (κ1) is 12.9. The van der Waals surface area contributed by atoms with Crippen LogP contribution < -0.4 is 4.74 Å². The van der Waals surface area contributed by atoms with Gasteiger partial charge in [-0.1, -0.05) is 22.9 Å². The standard InChI is InChI=1S/C11H15BrO2S/c1-2-15-6-5-14-10-3-4-11(12)9(7-10)8-13/h3-4,7,13H,2,5-6,8H2,1H3. The first-order valence-electron chi connectivity index (χ1n) is 4.87. The zero-order valence-corrected chi connectivity index (χ0v) is 11.1. The van der Waals surface area contributed by atoms with Crippen LogP contribution in [0.25, 0.3) is 0 Å². The molecule has 0 bridgehead atoms. The Morgan fingerprint density at radius 2 is 2.27 bits per heavy atom. The lowest BCUT2D eigenvalue weighted by molar-refractivity contribution is 0.279. The van der Waals surface area contributed by atoms with Crippen molar-refractivity contribution in [1.29, 1.82) is 0 Å². The Kier molecular flexibility index (Phi) is 6.13. The SMILES string of the molecule is CCSCCOc1ccc(Br)c(CO)c1. The molecule has 2 nitrogen and oxygen atoms in total. The van der Waals surface area contributed by atoms with Crippen molar-refractivity contribution in [2.24, 2.45) is 0 Å². The van der Waals surface area contributed by atoms with Gasteiger partial charge in [0.15, 0.2) is 0 Å². The van der Waals surface area contributed by atoms with Crippen molar-refractivity contribution in [3.05, 3.63) is 28.2 Å². The number of ether oxygens (including phenoxy) is 1. The van der Waals surface area contributed by atoms with Crippen LogP contribution in [0.3, 0.4) is 0 Å². The molecule has 0 unspecified atom stereocenters. The van der Waals surface area contributed by atoms with Crippen molar-refractivity contribution >= 4 is 27.7 Å². The van der Waals surface area contributed by atoms with Crippen molar-refractivity contribution in [2.75, 3.05) is 18.1 Å². The summed E-state index contributed by atoms with van der Waals surface area (Å²) in [6.45, 7) is 2.88. The molecule has 0 amide bonds. The van der Waals surface area contributed by atoms with Gasteiger partial charge in [0, 0.05) is 10.2 Å². The van der Waals surface area contributed by atoms with Crippen molar-refractivity contribution in [2.45, 2.75) is 13.5 Å². The molecule has 0 spiro atoms. The summed E-state index contributed by atoms with van der Waals surface area (Å²) in [5.74, 6) is 2.94. The molecule has 0 saturated carbocycles. The second-order valence-electron chi connectivity index (χ2n) is 2.96. The predicted octanol–water partition coefficient (Wildman–Crippen LogP) is 3.07. The highest BCUT2D eigenvalue weighted by Gasteiger charge is 2.01. The Labute approximate surface area is 103 Å². The van der Waals surface area contributed by atoms with Crippen LogP contribution in [-0.4, -0.2) is 23.2 Å². The highest BCUT2D eigenvalue weighted by Crippen LogP contribution is 2.22. The number of aliphatic hydroxyl groups is 1. The van der Waals surface area contributed by atoms with E-state index >= 15 is 0 Å². The van der Waals surface area contributed by atoms with E-state index in [-0.39, 0.29) is 6.61 Å². The number of thioether (sulfide) groups is 1. The number of hydrogen-bond donors (Lipinski definition) is 1. The van der Waals surface area contributed by atoms with E-state index < -0.39 is 0 Å². The molecule has 0 aliphatic heterocycles. The zero-order valence-electron chi connectivity index (χ0n) is 8.70. The lowest BCUT2D eigenvalue weighted by atomic mass is 10.2. The molecule has 0 fully saturated rings. The highest BCUT2D eigenvalue weighted by molar-refractivity contribution is 9.10. The summed E-state index contributed by atoms with van der Waals surface area (Å²) in [5, 5.41) is 9.06. The molecule has 84 valence electrons. The minimum absolute atomic E-state index is 0.0293. The Hall–Kier alpha value is -0.190. The second-order valence-corrected chi connectivity index (χ2v) is 5.20. The lowest BCUT2D eigenvalue weighted by Gasteiger charge is -2.08. The average Bonchev–Trinajstić information content (AvgIpc) is 2.26. The third-order valence-electron chi connectivity index (χ3n) is 1.89. The molecule has 0 aliphatic carbocycles. The second kappa shape index (κ2) is 7.14. The van der Waals surface area contributed by atoms with Gasteiger partial charge in [-0.05, 0) is 29.5 Å². The van der Waals surface area contributed by atoms with E-state index in [4.69, 9.17) is 9.84 Å². The topological polar surface area (TPSA) is 29.5 Å². The Morgan fingerprint density at radius 3 is 2.93 bits per heavy atom. The van der Waals surface area contributed by atoms with Crippen LogP contribution in [0.2, 0.25) is 0 Å². The Bertz CT molecular complexity index is 305. The third-order valence-corrected chi connectivity index (χ3v) is 3.53. The van der Waals surface area contributed by atoms with Crippen molar-refractivity contribution in [1.82, 2.24) is 0 Å². The predicted molar refractivity (Wildman–Crippen MR) is 68.6 cm³/mol. The fourth-order valence-electron chi connectivity index (χ4n) is 1.12. The minimum Gasteiger partial charge on any atom is -0.493 e. The van der Waals surface area contributed by atoms with E-state index in [1.807, 2.05) is 30.0 Å². The van der Waals surface area contributed by atoms with Gasteiger partial charge >= 0.3 is 0 Å². The van der Waals surface area contributed by atoms with Gasteiger partial charge < -0.3 is 9.84 Å². The van der Waals surface area contributed by atoms with Gasteiger partial charge in [0.1, 0.15) is 5.75 Å².